The second-order valence-electron chi connectivity index (χ2n) is 5.18. The Morgan fingerprint density at radius 2 is 2.23 bits per heavy atom. The van der Waals surface area contributed by atoms with Crippen molar-refractivity contribution >= 4 is 5.91 Å². The van der Waals surface area contributed by atoms with Gasteiger partial charge in [0.1, 0.15) is 0 Å². The molecule has 1 heterocycles. The average Bonchev–Trinajstić information content (AvgIpc) is 2.77. The quantitative estimate of drug-likeness (QED) is 0.669. The predicted octanol–water partition coefficient (Wildman–Crippen LogP) is 1.89. The zero-order valence-corrected chi connectivity index (χ0v) is 13.8. The lowest BCUT2D eigenvalue weighted by Crippen LogP contribution is -2.25. The van der Waals surface area contributed by atoms with Gasteiger partial charge >= 0.3 is 0 Å². The minimum atomic E-state index is 0.0556. The van der Waals surface area contributed by atoms with Gasteiger partial charge in [0.25, 0.3) is 0 Å². The molecular formula is C16H26N4O2. The van der Waals surface area contributed by atoms with Gasteiger partial charge in [-0.1, -0.05) is 0 Å². The van der Waals surface area contributed by atoms with Gasteiger partial charge in [-0.25, -0.2) is 0 Å². The summed E-state index contributed by atoms with van der Waals surface area (Å²) in [4.78, 5) is 11.8. The van der Waals surface area contributed by atoms with E-state index in [-0.39, 0.29) is 5.91 Å². The molecule has 1 amide bonds. The molecule has 0 aliphatic heterocycles. The Morgan fingerprint density at radius 3 is 2.91 bits per heavy atom. The second kappa shape index (κ2) is 9.96. The molecule has 0 aliphatic rings. The van der Waals surface area contributed by atoms with E-state index >= 15 is 0 Å². The molecule has 0 saturated heterocycles. The maximum Gasteiger partial charge on any atom is 0.220 e. The molecule has 6 nitrogen and oxygen atoms in total. The maximum atomic E-state index is 11.8. The summed E-state index contributed by atoms with van der Waals surface area (Å²) in [6.45, 7) is 8.55. The third-order valence-electron chi connectivity index (χ3n) is 3.56. The lowest BCUT2D eigenvalue weighted by molar-refractivity contribution is -0.121. The van der Waals surface area contributed by atoms with Crippen LogP contribution >= 0.6 is 0 Å². The van der Waals surface area contributed by atoms with Crippen LogP contribution in [0.15, 0.2) is 0 Å². The molecule has 1 rings (SSSR count). The SMILES string of the molecule is CCOCCCNC(=O)CCc1c(C)nn(CCC#N)c1C. The number of amides is 1. The van der Waals surface area contributed by atoms with Gasteiger partial charge in [0, 0.05) is 31.9 Å². The smallest absolute Gasteiger partial charge is 0.220 e. The molecule has 1 N–H and O–H groups in total. The van der Waals surface area contributed by atoms with Gasteiger partial charge in [-0.3, -0.25) is 9.48 Å². The number of rotatable bonds is 10. The standard InChI is InChI=1S/C16H26N4O2/c1-4-22-12-6-10-18-16(21)8-7-15-13(2)19-20(14(15)3)11-5-9-17/h4-8,10-12H2,1-3H3,(H,18,21). The van der Waals surface area contributed by atoms with Crippen molar-refractivity contribution in [3.63, 3.8) is 0 Å². The van der Waals surface area contributed by atoms with Gasteiger partial charge in [0.2, 0.25) is 5.91 Å². The first-order valence-corrected chi connectivity index (χ1v) is 7.84. The minimum Gasteiger partial charge on any atom is -0.382 e. The van der Waals surface area contributed by atoms with E-state index < -0.39 is 0 Å². The number of aryl methyl sites for hydroxylation is 2. The van der Waals surface area contributed by atoms with Crippen molar-refractivity contribution in [2.45, 2.75) is 53.0 Å². The van der Waals surface area contributed by atoms with Crippen molar-refractivity contribution in [1.82, 2.24) is 15.1 Å². The summed E-state index contributed by atoms with van der Waals surface area (Å²) >= 11 is 0. The van der Waals surface area contributed by atoms with E-state index in [0.29, 0.717) is 45.6 Å². The summed E-state index contributed by atoms with van der Waals surface area (Å²) in [7, 11) is 0. The van der Waals surface area contributed by atoms with Gasteiger partial charge in [-0.2, -0.15) is 10.4 Å². The average molecular weight is 306 g/mol. The van der Waals surface area contributed by atoms with Crippen LogP contribution in [0.3, 0.4) is 0 Å². The van der Waals surface area contributed by atoms with Gasteiger partial charge in [-0.15, -0.1) is 0 Å². The highest BCUT2D eigenvalue weighted by Crippen LogP contribution is 2.15. The zero-order chi connectivity index (χ0) is 16.4. The Labute approximate surface area is 132 Å². The number of aromatic nitrogens is 2. The fourth-order valence-corrected chi connectivity index (χ4v) is 2.34. The van der Waals surface area contributed by atoms with Crippen LogP contribution in [0.2, 0.25) is 0 Å². The maximum absolute atomic E-state index is 11.8. The van der Waals surface area contributed by atoms with Crippen LogP contribution in [0.4, 0.5) is 0 Å². The van der Waals surface area contributed by atoms with E-state index in [2.05, 4.69) is 16.5 Å². The molecule has 0 atom stereocenters. The van der Waals surface area contributed by atoms with E-state index in [1.165, 1.54) is 0 Å². The molecule has 0 unspecified atom stereocenters. The zero-order valence-electron chi connectivity index (χ0n) is 13.8. The van der Waals surface area contributed by atoms with Crippen molar-refractivity contribution in [2.24, 2.45) is 0 Å². The minimum absolute atomic E-state index is 0.0556. The summed E-state index contributed by atoms with van der Waals surface area (Å²) in [5.41, 5.74) is 3.11. The summed E-state index contributed by atoms with van der Waals surface area (Å²) in [5, 5.41) is 16.0. The highest BCUT2D eigenvalue weighted by atomic mass is 16.5. The highest BCUT2D eigenvalue weighted by Gasteiger charge is 2.12. The first-order chi connectivity index (χ1) is 10.6. The summed E-state index contributed by atoms with van der Waals surface area (Å²) in [5.74, 6) is 0.0556. The van der Waals surface area contributed by atoms with Crippen LogP contribution in [-0.2, 0) is 22.5 Å². The third kappa shape index (κ3) is 5.86. The second-order valence-corrected chi connectivity index (χ2v) is 5.18. The largest absolute Gasteiger partial charge is 0.382 e. The van der Waals surface area contributed by atoms with Gasteiger partial charge in [0.05, 0.1) is 24.7 Å². The predicted molar refractivity (Wildman–Crippen MR) is 84.4 cm³/mol. The molecular weight excluding hydrogens is 280 g/mol. The van der Waals surface area contributed by atoms with E-state index in [1.807, 2.05) is 25.5 Å². The highest BCUT2D eigenvalue weighted by molar-refractivity contribution is 5.76. The van der Waals surface area contributed by atoms with Gasteiger partial charge in [-0.05, 0) is 39.2 Å². The Balaban J connectivity index is 2.39. The van der Waals surface area contributed by atoms with Crippen molar-refractivity contribution in [1.29, 1.82) is 5.26 Å². The van der Waals surface area contributed by atoms with Crippen molar-refractivity contribution in [3.05, 3.63) is 17.0 Å². The number of nitrogens with zero attached hydrogens (tertiary/aromatic N) is 3. The first kappa shape index (κ1) is 18.2. The van der Waals surface area contributed by atoms with Crippen molar-refractivity contribution in [3.8, 4) is 6.07 Å². The van der Waals surface area contributed by atoms with Gasteiger partial charge < -0.3 is 10.1 Å². The van der Waals surface area contributed by atoms with Crippen molar-refractivity contribution in [2.75, 3.05) is 19.8 Å². The molecule has 1 aromatic rings. The fourth-order valence-electron chi connectivity index (χ4n) is 2.34. The van der Waals surface area contributed by atoms with Crippen molar-refractivity contribution < 1.29 is 9.53 Å². The molecule has 0 aromatic carbocycles. The number of hydrogen-bond donors (Lipinski definition) is 1. The molecule has 0 aliphatic carbocycles. The third-order valence-corrected chi connectivity index (χ3v) is 3.56. The lowest BCUT2D eigenvalue weighted by Gasteiger charge is -2.06. The molecule has 22 heavy (non-hydrogen) atoms. The fraction of sp³-hybridized carbons (Fsp3) is 0.688. The van der Waals surface area contributed by atoms with E-state index in [9.17, 15) is 4.79 Å². The van der Waals surface area contributed by atoms with Crippen LogP contribution in [-0.4, -0.2) is 35.4 Å². The molecule has 0 saturated carbocycles. The van der Waals surface area contributed by atoms with Crippen LogP contribution in [0.1, 0.15) is 43.1 Å². The summed E-state index contributed by atoms with van der Waals surface area (Å²) in [6, 6.07) is 2.12. The summed E-state index contributed by atoms with van der Waals surface area (Å²) in [6.07, 6.45) is 2.42. The number of nitriles is 1. The summed E-state index contributed by atoms with van der Waals surface area (Å²) < 4.78 is 7.08. The molecule has 0 fully saturated rings. The number of carbonyl (C=O) groups excluding carboxylic acids is 1. The Bertz CT molecular complexity index is 517. The van der Waals surface area contributed by atoms with E-state index in [4.69, 9.17) is 10.00 Å². The molecule has 0 spiro atoms. The number of nitrogens with one attached hydrogen (secondary N) is 1. The molecule has 6 heteroatoms. The molecule has 122 valence electrons. The van der Waals surface area contributed by atoms with Crippen LogP contribution in [0.25, 0.3) is 0 Å². The Morgan fingerprint density at radius 1 is 1.45 bits per heavy atom. The van der Waals surface area contributed by atoms with E-state index in [0.717, 1.165) is 23.4 Å². The molecule has 1 aromatic heterocycles. The van der Waals surface area contributed by atoms with Crippen LogP contribution in [0, 0.1) is 25.2 Å². The number of ether oxygens (including phenoxy) is 1. The molecule has 0 radical (unpaired) electrons. The first-order valence-electron chi connectivity index (χ1n) is 7.84. The Hall–Kier alpha value is -1.87. The number of carbonyl (C=O) groups is 1. The molecule has 0 bridgehead atoms. The normalized spacial score (nSPS) is 10.5. The van der Waals surface area contributed by atoms with E-state index in [1.54, 1.807) is 0 Å². The monoisotopic (exact) mass is 306 g/mol. The topological polar surface area (TPSA) is 79.9 Å². The van der Waals surface area contributed by atoms with Gasteiger partial charge in [0.15, 0.2) is 0 Å². The Kier molecular flexibility index (Phi) is 8.23. The van der Waals surface area contributed by atoms with Crippen LogP contribution < -0.4 is 5.32 Å². The lowest BCUT2D eigenvalue weighted by atomic mass is 10.1. The van der Waals surface area contributed by atoms with Crippen LogP contribution in [0.5, 0.6) is 0 Å². The number of hydrogen-bond acceptors (Lipinski definition) is 4.